The zero-order valence-electron chi connectivity index (χ0n) is 17.3. The minimum atomic E-state index is -4.26. The molecule has 0 aromatic heterocycles. The van der Waals surface area contributed by atoms with E-state index in [-0.39, 0.29) is 59.0 Å². The molecule has 0 radical (unpaired) electrons. The SMILES string of the molecule is CC1CC(C(F)(F)F)NC2SC3C(=O)NC(C4CONC4C4CCC(Br)CC4)NC3C12. The van der Waals surface area contributed by atoms with Crippen molar-refractivity contribution < 1.29 is 22.8 Å². The smallest absolute Gasteiger partial charge is 0.339 e. The van der Waals surface area contributed by atoms with Crippen LogP contribution in [-0.2, 0) is 9.63 Å². The molecular formula is C20H30BrF3N4O2S. The number of piperidine rings is 1. The Hall–Kier alpha value is -0.0700. The van der Waals surface area contributed by atoms with E-state index in [1.165, 1.54) is 11.8 Å². The van der Waals surface area contributed by atoms with Crippen LogP contribution in [0.3, 0.4) is 0 Å². The molecule has 9 atom stereocenters. The molecular weight excluding hydrogens is 497 g/mol. The predicted octanol–water partition coefficient (Wildman–Crippen LogP) is 2.49. The lowest BCUT2D eigenvalue weighted by atomic mass is 9.76. The minimum Gasteiger partial charge on any atom is -0.339 e. The van der Waals surface area contributed by atoms with Gasteiger partial charge < -0.3 is 10.2 Å². The first-order chi connectivity index (χ1) is 14.7. The van der Waals surface area contributed by atoms with Crippen LogP contribution in [0, 0.1) is 23.7 Å². The number of halogens is 4. The number of hydroxylamine groups is 1. The maximum Gasteiger partial charge on any atom is 0.403 e. The molecule has 4 heterocycles. The quantitative estimate of drug-likeness (QED) is 0.414. The normalized spacial score (nSPS) is 50.6. The van der Waals surface area contributed by atoms with Crippen LogP contribution >= 0.6 is 27.7 Å². The highest BCUT2D eigenvalue weighted by atomic mass is 79.9. The van der Waals surface area contributed by atoms with Gasteiger partial charge in [0.15, 0.2) is 0 Å². The third kappa shape index (κ3) is 4.27. The summed E-state index contributed by atoms with van der Waals surface area (Å²) in [7, 11) is 0. The number of hydrogen-bond donors (Lipinski definition) is 4. The Bertz CT molecular complexity index is 696. The third-order valence-electron chi connectivity index (χ3n) is 7.93. The highest BCUT2D eigenvalue weighted by Crippen LogP contribution is 2.48. The first-order valence-electron chi connectivity index (χ1n) is 11.3. The number of thioether (sulfide) groups is 1. The first kappa shape index (κ1) is 22.7. The molecule has 5 fully saturated rings. The number of fused-ring (bicyclic) bond motifs is 3. The maximum atomic E-state index is 13.3. The number of rotatable bonds is 2. The van der Waals surface area contributed by atoms with Gasteiger partial charge in [-0.05, 0) is 43.9 Å². The number of alkyl halides is 4. The van der Waals surface area contributed by atoms with Gasteiger partial charge in [-0.3, -0.25) is 15.4 Å². The number of amides is 1. The van der Waals surface area contributed by atoms with Crippen molar-refractivity contribution in [3.8, 4) is 0 Å². The zero-order chi connectivity index (χ0) is 21.9. The summed E-state index contributed by atoms with van der Waals surface area (Å²) in [5, 5.41) is 8.82. The molecule has 1 saturated carbocycles. The van der Waals surface area contributed by atoms with Crippen molar-refractivity contribution in [2.75, 3.05) is 6.61 Å². The van der Waals surface area contributed by atoms with E-state index in [0.29, 0.717) is 17.4 Å². The van der Waals surface area contributed by atoms with E-state index >= 15 is 0 Å². The van der Waals surface area contributed by atoms with Gasteiger partial charge in [-0.2, -0.15) is 18.7 Å². The van der Waals surface area contributed by atoms with Gasteiger partial charge in [-0.1, -0.05) is 22.9 Å². The van der Waals surface area contributed by atoms with Gasteiger partial charge in [0.25, 0.3) is 0 Å². The van der Waals surface area contributed by atoms with Gasteiger partial charge in [0, 0.05) is 28.7 Å². The number of hydrogen-bond acceptors (Lipinski definition) is 6. The number of nitrogens with one attached hydrogen (secondary N) is 4. The van der Waals surface area contributed by atoms with Crippen LogP contribution in [0.1, 0.15) is 39.0 Å². The zero-order valence-corrected chi connectivity index (χ0v) is 19.7. The summed E-state index contributed by atoms with van der Waals surface area (Å²) in [6.45, 7) is 2.41. The Balaban J connectivity index is 1.30. The summed E-state index contributed by atoms with van der Waals surface area (Å²) in [5.74, 6) is 0.384. The third-order valence-corrected chi connectivity index (χ3v) is 10.4. The van der Waals surface area contributed by atoms with E-state index in [9.17, 15) is 18.0 Å². The van der Waals surface area contributed by atoms with Crippen LogP contribution in [0.4, 0.5) is 13.2 Å². The predicted molar refractivity (Wildman–Crippen MR) is 115 cm³/mol. The van der Waals surface area contributed by atoms with Crippen LogP contribution in [0.5, 0.6) is 0 Å². The molecule has 0 aromatic rings. The minimum absolute atomic E-state index is 0.0142. The fourth-order valence-corrected chi connectivity index (χ4v) is 8.63. The van der Waals surface area contributed by atoms with Crippen molar-refractivity contribution in [1.82, 2.24) is 21.4 Å². The highest BCUT2D eigenvalue weighted by Gasteiger charge is 2.58. The molecule has 11 heteroatoms. The second kappa shape index (κ2) is 8.61. The van der Waals surface area contributed by atoms with Gasteiger partial charge in [0.05, 0.1) is 18.1 Å². The molecule has 31 heavy (non-hydrogen) atoms. The Morgan fingerprint density at radius 2 is 1.87 bits per heavy atom. The lowest BCUT2D eigenvalue weighted by Gasteiger charge is -2.44. The summed E-state index contributed by atoms with van der Waals surface area (Å²) >= 11 is 5.06. The maximum absolute atomic E-state index is 13.3. The Kier molecular flexibility index (Phi) is 6.31. The molecule has 4 aliphatic heterocycles. The van der Waals surface area contributed by atoms with Gasteiger partial charge in [-0.15, -0.1) is 11.8 Å². The summed E-state index contributed by atoms with van der Waals surface area (Å²) < 4.78 is 40.0. The van der Waals surface area contributed by atoms with Crippen molar-refractivity contribution in [1.29, 1.82) is 0 Å². The molecule has 9 unspecified atom stereocenters. The second-order valence-electron chi connectivity index (χ2n) is 9.84. The lowest BCUT2D eigenvalue weighted by molar-refractivity contribution is -0.167. The van der Waals surface area contributed by atoms with Crippen LogP contribution in [0.2, 0.25) is 0 Å². The fourth-order valence-electron chi connectivity index (χ4n) is 6.31. The van der Waals surface area contributed by atoms with E-state index in [4.69, 9.17) is 4.84 Å². The monoisotopic (exact) mass is 526 g/mol. The van der Waals surface area contributed by atoms with E-state index in [1.54, 1.807) is 0 Å². The summed E-state index contributed by atoms with van der Waals surface area (Å²) in [5.41, 5.74) is 3.20. The Morgan fingerprint density at radius 1 is 1.13 bits per heavy atom. The molecule has 1 amide bonds. The summed E-state index contributed by atoms with van der Waals surface area (Å²) in [6, 6.07) is -1.47. The van der Waals surface area contributed by atoms with E-state index in [2.05, 4.69) is 37.4 Å². The van der Waals surface area contributed by atoms with E-state index in [0.717, 1.165) is 25.7 Å². The number of carbonyl (C=O) groups excluding carboxylic acids is 1. The fraction of sp³-hybridized carbons (Fsp3) is 0.950. The molecule has 6 nitrogen and oxygen atoms in total. The average molecular weight is 527 g/mol. The molecule has 4 saturated heterocycles. The second-order valence-corrected chi connectivity index (χ2v) is 12.4. The largest absolute Gasteiger partial charge is 0.403 e. The molecule has 4 N–H and O–H groups in total. The van der Waals surface area contributed by atoms with Crippen molar-refractivity contribution in [3.05, 3.63) is 0 Å². The van der Waals surface area contributed by atoms with Crippen molar-refractivity contribution in [3.63, 3.8) is 0 Å². The van der Waals surface area contributed by atoms with Crippen LogP contribution < -0.4 is 21.4 Å². The topological polar surface area (TPSA) is 74.4 Å². The molecule has 5 rings (SSSR count). The van der Waals surface area contributed by atoms with E-state index in [1.807, 2.05) is 6.92 Å². The van der Waals surface area contributed by atoms with Crippen molar-refractivity contribution in [2.24, 2.45) is 23.7 Å². The average Bonchev–Trinajstić information content (AvgIpc) is 3.33. The van der Waals surface area contributed by atoms with Gasteiger partial charge >= 0.3 is 6.18 Å². The van der Waals surface area contributed by atoms with Crippen LogP contribution in [0.15, 0.2) is 0 Å². The van der Waals surface area contributed by atoms with Gasteiger partial charge in [0.2, 0.25) is 5.91 Å². The molecule has 1 aliphatic carbocycles. The molecule has 0 bridgehead atoms. The highest BCUT2D eigenvalue weighted by molar-refractivity contribution is 9.09. The van der Waals surface area contributed by atoms with Crippen molar-refractivity contribution in [2.45, 2.75) is 84.9 Å². The standard InChI is InChI=1S/C20H30BrF3N4O2S/c1-8-6-12(20(22,23)24)25-19-13(8)15-16(31-19)18(29)27-17(26-15)11-7-30-28-14(11)9-2-4-10(21)5-3-9/h8-17,19,25-26,28H,2-7H2,1H3,(H,27,29). The van der Waals surface area contributed by atoms with E-state index < -0.39 is 12.2 Å². The molecule has 0 spiro atoms. The first-order valence-corrected chi connectivity index (χ1v) is 13.1. The van der Waals surface area contributed by atoms with Gasteiger partial charge in [-0.25, -0.2) is 0 Å². The summed E-state index contributed by atoms with van der Waals surface area (Å²) in [4.78, 5) is 19.2. The van der Waals surface area contributed by atoms with Crippen LogP contribution in [-0.4, -0.2) is 58.4 Å². The molecule has 5 aliphatic rings. The molecule has 176 valence electrons. The Labute approximate surface area is 193 Å². The number of carbonyl (C=O) groups is 1. The van der Waals surface area contributed by atoms with Gasteiger partial charge in [0.1, 0.15) is 11.3 Å². The Morgan fingerprint density at radius 3 is 2.58 bits per heavy atom. The van der Waals surface area contributed by atoms with Crippen molar-refractivity contribution >= 4 is 33.6 Å². The summed E-state index contributed by atoms with van der Waals surface area (Å²) in [6.07, 6.45) is 0.0431. The van der Waals surface area contributed by atoms with Crippen LogP contribution in [0.25, 0.3) is 0 Å². The lowest BCUT2D eigenvalue weighted by Crippen LogP contribution is -2.68. The molecule has 0 aromatic carbocycles.